The second-order valence-corrected chi connectivity index (χ2v) is 6.78. The predicted molar refractivity (Wildman–Crippen MR) is 78.4 cm³/mol. The minimum absolute atomic E-state index is 0.0477. The van der Waals surface area contributed by atoms with E-state index in [1.807, 2.05) is 0 Å². The summed E-state index contributed by atoms with van der Waals surface area (Å²) >= 11 is 0. The third kappa shape index (κ3) is 3.52. The van der Waals surface area contributed by atoms with Crippen molar-refractivity contribution in [3.63, 3.8) is 0 Å². The highest BCUT2D eigenvalue weighted by atomic mass is 19.3. The van der Waals surface area contributed by atoms with Gasteiger partial charge in [0.05, 0.1) is 11.3 Å². The summed E-state index contributed by atoms with van der Waals surface area (Å²) < 4.78 is 64.1. The lowest BCUT2D eigenvalue weighted by Gasteiger charge is -2.21. The molecule has 1 saturated carbocycles. The van der Waals surface area contributed by atoms with Crippen LogP contribution in [0, 0.1) is 17.6 Å². The Bertz CT molecular complexity index is 790. The molecule has 1 aliphatic rings. The van der Waals surface area contributed by atoms with E-state index in [1.54, 1.807) is 20.8 Å². The van der Waals surface area contributed by atoms with Crippen LogP contribution >= 0.6 is 0 Å². The van der Waals surface area contributed by atoms with Gasteiger partial charge in [-0.05, 0) is 26.8 Å². The van der Waals surface area contributed by atoms with Gasteiger partial charge >= 0.3 is 6.01 Å². The van der Waals surface area contributed by atoms with Crippen molar-refractivity contribution < 1.29 is 27.0 Å². The van der Waals surface area contributed by atoms with Crippen LogP contribution in [0.3, 0.4) is 0 Å². The number of ether oxygens (including phenoxy) is 2. The zero-order valence-electron chi connectivity index (χ0n) is 13.4. The van der Waals surface area contributed by atoms with E-state index in [4.69, 9.17) is 9.47 Å². The third-order valence-corrected chi connectivity index (χ3v) is 3.44. The Labute approximate surface area is 135 Å². The number of alkyl halides is 2. The van der Waals surface area contributed by atoms with E-state index in [0.717, 1.165) is 6.07 Å². The zero-order chi connectivity index (χ0) is 17.7. The Balaban J connectivity index is 1.98. The molecule has 0 spiro atoms. The van der Waals surface area contributed by atoms with Crippen molar-refractivity contribution in [1.29, 1.82) is 0 Å². The largest absolute Gasteiger partial charge is 0.471 e. The van der Waals surface area contributed by atoms with Gasteiger partial charge in [0.2, 0.25) is 5.88 Å². The van der Waals surface area contributed by atoms with Crippen LogP contribution in [0.25, 0.3) is 10.9 Å². The molecule has 0 bridgehead atoms. The Kier molecular flexibility index (Phi) is 3.80. The van der Waals surface area contributed by atoms with Crippen molar-refractivity contribution in [2.45, 2.75) is 38.7 Å². The van der Waals surface area contributed by atoms with Crippen LogP contribution < -0.4 is 9.47 Å². The Morgan fingerprint density at radius 1 is 1.21 bits per heavy atom. The van der Waals surface area contributed by atoms with Crippen LogP contribution in [0.5, 0.6) is 11.9 Å². The smallest absolute Gasteiger partial charge is 0.320 e. The summed E-state index contributed by atoms with van der Waals surface area (Å²) in [5.74, 6) is -5.41. The Morgan fingerprint density at radius 3 is 2.46 bits per heavy atom. The lowest BCUT2D eigenvalue weighted by atomic mass is 10.2. The number of aromatic nitrogens is 2. The number of halogens is 4. The minimum Gasteiger partial charge on any atom is -0.471 e. The van der Waals surface area contributed by atoms with Gasteiger partial charge in [0, 0.05) is 12.5 Å². The van der Waals surface area contributed by atoms with Crippen LogP contribution in [0.15, 0.2) is 12.1 Å². The van der Waals surface area contributed by atoms with Gasteiger partial charge in [-0.25, -0.2) is 17.6 Å². The van der Waals surface area contributed by atoms with E-state index in [-0.39, 0.29) is 35.8 Å². The van der Waals surface area contributed by atoms with Crippen LogP contribution in [0.4, 0.5) is 17.6 Å². The first-order valence-corrected chi connectivity index (χ1v) is 7.41. The number of hydrogen-bond donors (Lipinski definition) is 0. The number of hydrogen-bond acceptors (Lipinski definition) is 4. The fourth-order valence-electron chi connectivity index (χ4n) is 2.17. The molecule has 0 amide bonds. The average molecular weight is 344 g/mol. The molecular formula is C16H16F4N2O2. The molecule has 130 valence electrons. The highest BCUT2D eigenvalue weighted by Crippen LogP contribution is 2.48. The number of fused-ring (bicyclic) bond motifs is 1. The topological polar surface area (TPSA) is 44.2 Å². The van der Waals surface area contributed by atoms with E-state index < -0.39 is 29.1 Å². The number of rotatable bonds is 4. The Morgan fingerprint density at radius 2 is 1.88 bits per heavy atom. The second kappa shape index (κ2) is 5.46. The van der Waals surface area contributed by atoms with Gasteiger partial charge < -0.3 is 9.47 Å². The standard InChI is InChI=1S/C16H16F4N2O2/c1-15(2,3)24-13-10-4-9(17)5-11(18)12(10)21-14(22-13)23-7-8-6-16(8,19)20/h4-5,8H,6-7H2,1-3H3/t8-/m0/s1. The summed E-state index contributed by atoms with van der Waals surface area (Å²) in [6, 6.07) is 1.45. The molecule has 1 aliphatic carbocycles. The maximum absolute atomic E-state index is 14.0. The summed E-state index contributed by atoms with van der Waals surface area (Å²) in [5.41, 5.74) is -0.881. The molecule has 0 N–H and O–H groups in total. The van der Waals surface area contributed by atoms with Gasteiger partial charge in [-0.2, -0.15) is 9.97 Å². The summed E-state index contributed by atoms with van der Waals surface area (Å²) in [7, 11) is 0. The molecule has 4 nitrogen and oxygen atoms in total. The van der Waals surface area contributed by atoms with Gasteiger partial charge in [0.15, 0.2) is 5.82 Å². The van der Waals surface area contributed by atoms with Crippen molar-refractivity contribution >= 4 is 10.9 Å². The van der Waals surface area contributed by atoms with Gasteiger partial charge in [-0.15, -0.1) is 0 Å². The maximum atomic E-state index is 14.0. The van der Waals surface area contributed by atoms with E-state index in [0.29, 0.717) is 6.07 Å². The molecule has 1 atom stereocenters. The van der Waals surface area contributed by atoms with Gasteiger partial charge in [0.25, 0.3) is 5.92 Å². The molecule has 3 rings (SSSR count). The zero-order valence-corrected chi connectivity index (χ0v) is 13.4. The van der Waals surface area contributed by atoms with Crippen LogP contribution in [0.1, 0.15) is 27.2 Å². The van der Waals surface area contributed by atoms with E-state index in [9.17, 15) is 17.6 Å². The monoisotopic (exact) mass is 344 g/mol. The molecule has 0 aliphatic heterocycles. The summed E-state index contributed by atoms with van der Waals surface area (Å²) in [5, 5.41) is 0.0477. The first-order chi connectivity index (χ1) is 11.0. The second-order valence-electron chi connectivity index (χ2n) is 6.78. The molecule has 0 saturated heterocycles. The van der Waals surface area contributed by atoms with Gasteiger partial charge in [-0.1, -0.05) is 0 Å². The number of nitrogens with zero attached hydrogens (tertiary/aromatic N) is 2. The maximum Gasteiger partial charge on any atom is 0.320 e. The van der Waals surface area contributed by atoms with E-state index >= 15 is 0 Å². The van der Waals surface area contributed by atoms with Crippen molar-refractivity contribution in [2.75, 3.05) is 6.61 Å². The highest BCUT2D eigenvalue weighted by molar-refractivity contribution is 5.84. The highest BCUT2D eigenvalue weighted by Gasteiger charge is 2.57. The molecule has 1 aromatic heterocycles. The van der Waals surface area contributed by atoms with E-state index in [1.165, 1.54) is 0 Å². The molecule has 2 aromatic rings. The first kappa shape index (κ1) is 16.7. The average Bonchev–Trinajstić information content (AvgIpc) is 3.03. The molecule has 1 heterocycles. The molecule has 0 unspecified atom stereocenters. The predicted octanol–water partition coefficient (Wildman–Crippen LogP) is 4.12. The Hall–Kier alpha value is -2.12. The molecule has 24 heavy (non-hydrogen) atoms. The molecule has 8 heteroatoms. The van der Waals surface area contributed by atoms with Crippen LogP contribution in [0.2, 0.25) is 0 Å². The molecule has 1 fully saturated rings. The quantitative estimate of drug-likeness (QED) is 0.783. The lowest BCUT2D eigenvalue weighted by molar-refractivity contribution is 0.0837. The fraction of sp³-hybridized carbons (Fsp3) is 0.500. The summed E-state index contributed by atoms with van der Waals surface area (Å²) in [4.78, 5) is 7.84. The van der Waals surface area contributed by atoms with Crippen molar-refractivity contribution in [3.8, 4) is 11.9 Å². The normalized spacial score (nSPS) is 19.4. The van der Waals surface area contributed by atoms with Crippen molar-refractivity contribution in [2.24, 2.45) is 5.92 Å². The molecular weight excluding hydrogens is 328 g/mol. The molecule has 0 radical (unpaired) electrons. The number of benzene rings is 1. The van der Waals surface area contributed by atoms with Gasteiger partial charge in [0.1, 0.15) is 23.5 Å². The minimum atomic E-state index is -2.74. The molecule has 1 aromatic carbocycles. The van der Waals surface area contributed by atoms with Crippen LogP contribution in [-0.2, 0) is 0 Å². The van der Waals surface area contributed by atoms with Crippen molar-refractivity contribution in [1.82, 2.24) is 9.97 Å². The third-order valence-electron chi connectivity index (χ3n) is 3.44. The van der Waals surface area contributed by atoms with E-state index in [2.05, 4.69) is 9.97 Å². The van der Waals surface area contributed by atoms with Crippen molar-refractivity contribution in [3.05, 3.63) is 23.8 Å². The lowest BCUT2D eigenvalue weighted by Crippen LogP contribution is -2.24. The first-order valence-electron chi connectivity index (χ1n) is 7.41. The SMILES string of the molecule is CC(C)(C)Oc1nc(OC[C@@H]2CC2(F)F)nc2c(F)cc(F)cc12. The summed E-state index contributed by atoms with van der Waals surface area (Å²) in [6.07, 6.45) is -0.258. The summed E-state index contributed by atoms with van der Waals surface area (Å²) in [6.45, 7) is 4.93. The fourth-order valence-corrected chi connectivity index (χ4v) is 2.17. The van der Waals surface area contributed by atoms with Crippen LogP contribution in [-0.4, -0.2) is 28.1 Å². The van der Waals surface area contributed by atoms with Gasteiger partial charge in [-0.3, -0.25) is 0 Å².